The Labute approximate surface area is 194 Å². The second-order valence-corrected chi connectivity index (χ2v) is 7.88. The number of esters is 1. The predicted molar refractivity (Wildman–Crippen MR) is 121 cm³/mol. The van der Waals surface area contributed by atoms with Crippen LogP contribution in [0.3, 0.4) is 0 Å². The first-order valence-corrected chi connectivity index (χ1v) is 11.1. The summed E-state index contributed by atoms with van der Waals surface area (Å²) in [5.41, 5.74) is 0.325. The highest BCUT2D eigenvalue weighted by atomic mass is 79.9. The van der Waals surface area contributed by atoms with Crippen molar-refractivity contribution in [3.05, 3.63) is 58.6 Å². The van der Waals surface area contributed by atoms with Gasteiger partial charge in [-0.25, -0.2) is 0 Å². The van der Waals surface area contributed by atoms with Gasteiger partial charge in [0.05, 0.1) is 18.6 Å². The van der Waals surface area contributed by atoms with E-state index in [-0.39, 0.29) is 32.1 Å². The van der Waals surface area contributed by atoms with Crippen LogP contribution in [0.1, 0.15) is 23.7 Å². The zero-order chi connectivity index (χ0) is 22.9. The third-order valence-electron chi connectivity index (χ3n) is 4.78. The highest BCUT2D eigenvalue weighted by molar-refractivity contribution is 9.10. The predicted octanol–water partition coefficient (Wildman–Crippen LogP) is 2.80. The van der Waals surface area contributed by atoms with Gasteiger partial charge in [-0.05, 0) is 37.3 Å². The Morgan fingerprint density at radius 2 is 1.91 bits per heavy atom. The summed E-state index contributed by atoms with van der Waals surface area (Å²) in [4.78, 5) is 39.5. The van der Waals surface area contributed by atoms with E-state index in [1.54, 1.807) is 30.3 Å². The van der Waals surface area contributed by atoms with E-state index < -0.39 is 17.9 Å². The first kappa shape index (κ1) is 23.6. The number of hydrogen-bond donors (Lipinski definition) is 1. The van der Waals surface area contributed by atoms with Crippen LogP contribution < -0.4 is 14.8 Å². The van der Waals surface area contributed by atoms with Gasteiger partial charge in [0.15, 0.2) is 0 Å². The van der Waals surface area contributed by atoms with Gasteiger partial charge in [0, 0.05) is 17.6 Å². The number of ether oxygens (including phenoxy) is 3. The van der Waals surface area contributed by atoms with E-state index in [0.29, 0.717) is 34.7 Å². The Bertz CT molecular complexity index is 953. The van der Waals surface area contributed by atoms with Gasteiger partial charge in [-0.3, -0.25) is 14.4 Å². The van der Waals surface area contributed by atoms with Crippen molar-refractivity contribution in [2.45, 2.75) is 19.4 Å². The van der Waals surface area contributed by atoms with Crippen LogP contribution in [0, 0.1) is 0 Å². The molecule has 2 aromatic rings. The monoisotopic (exact) mass is 504 g/mol. The third-order valence-corrected chi connectivity index (χ3v) is 5.28. The lowest BCUT2D eigenvalue weighted by Crippen LogP contribution is -2.57. The van der Waals surface area contributed by atoms with Crippen molar-refractivity contribution in [2.24, 2.45) is 0 Å². The summed E-state index contributed by atoms with van der Waals surface area (Å²) in [5.74, 6) is -0.261. The van der Waals surface area contributed by atoms with E-state index in [1.807, 2.05) is 25.1 Å². The summed E-state index contributed by atoms with van der Waals surface area (Å²) in [5, 5.41) is 2.71. The number of para-hydroxylation sites is 1. The SMILES string of the molecule is CCOc1ccc(Br)cc1C(=O)N1CCNC(=O)C1CC(=O)OCCOc1ccccc1. The van der Waals surface area contributed by atoms with Gasteiger partial charge in [0.25, 0.3) is 5.91 Å². The molecule has 1 saturated heterocycles. The van der Waals surface area contributed by atoms with Crippen LogP contribution in [-0.4, -0.2) is 61.6 Å². The Kier molecular flexibility index (Phi) is 8.49. The quantitative estimate of drug-likeness (QED) is 0.416. The first-order chi connectivity index (χ1) is 15.5. The Morgan fingerprint density at radius 1 is 1.12 bits per heavy atom. The Hall–Kier alpha value is -3.07. The zero-order valence-corrected chi connectivity index (χ0v) is 19.3. The van der Waals surface area contributed by atoms with Crippen LogP contribution in [-0.2, 0) is 14.3 Å². The second-order valence-electron chi connectivity index (χ2n) is 6.96. The van der Waals surface area contributed by atoms with Crippen molar-refractivity contribution >= 4 is 33.7 Å². The molecule has 1 atom stereocenters. The Balaban J connectivity index is 1.62. The van der Waals surface area contributed by atoms with Gasteiger partial charge in [0.1, 0.15) is 30.8 Å². The molecule has 0 radical (unpaired) electrons. The molecular weight excluding hydrogens is 480 g/mol. The number of rotatable bonds is 9. The van der Waals surface area contributed by atoms with Crippen LogP contribution in [0.15, 0.2) is 53.0 Å². The molecule has 8 nitrogen and oxygen atoms in total. The number of nitrogens with one attached hydrogen (secondary N) is 1. The lowest BCUT2D eigenvalue weighted by Gasteiger charge is -2.35. The van der Waals surface area contributed by atoms with Gasteiger partial charge < -0.3 is 24.4 Å². The average molecular weight is 505 g/mol. The minimum absolute atomic E-state index is 0.0378. The molecule has 0 aliphatic carbocycles. The molecular formula is C23H25BrN2O6. The van der Waals surface area contributed by atoms with E-state index in [1.165, 1.54) is 4.90 Å². The van der Waals surface area contributed by atoms with E-state index >= 15 is 0 Å². The van der Waals surface area contributed by atoms with E-state index in [9.17, 15) is 14.4 Å². The molecule has 1 heterocycles. The fourth-order valence-electron chi connectivity index (χ4n) is 3.31. The lowest BCUT2D eigenvalue weighted by atomic mass is 10.1. The molecule has 0 aromatic heterocycles. The van der Waals surface area contributed by atoms with Crippen molar-refractivity contribution in [3.8, 4) is 11.5 Å². The molecule has 170 valence electrons. The smallest absolute Gasteiger partial charge is 0.308 e. The summed E-state index contributed by atoms with van der Waals surface area (Å²) >= 11 is 3.37. The molecule has 1 aliphatic rings. The number of halogens is 1. The normalized spacial score (nSPS) is 15.6. The summed E-state index contributed by atoms with van der Waals surface area (Å²) in [7, 11) is 0. The minimum Gasteiger partial charge on any atom is -0.493 e. The Morgan fingerprint density at radius 3 is 2.66 bits per heavy atom. The highest BCUT2D eigenvalue weighted by Gasteiger charge is 2.36. The van der Waals surface area contributed by atoms with E-state index in [0.717, 1.165) is 0 Å². The fourth-order valence-corrected chi connectivity index (χ4v) is 3.68. The molecule has 32 heavy (non-hydrogen) atoms. The maximum absolute atomic E-state index is 13.3. The molecule has 9 heteroatoms. The standard InChI is InChI=1S/C23H25BrN2O6/c1-2-30-20-9-8-16(24)14-18(20)23(29)26-11-10-25-22(28)19(26)15-21(27)32-13-12-31-17-6-4-3-5-7-17/h3-9,14,19H,2,10-13,15H2,1H3,(H,25,28). The maximum atomic E-state index is 13.3. The zero-order valence-electron chi connectivity index (χ0n) is 17.7. The van der Waals surface area contributed by atoms with Crippen LogP contribution in [0.5, 0.6) is 11.5 Å². The van der Waals surface area contributed by atoms with Crippen LogP contribution in [0.4, 0.5) is 0 Å². The molecule has 2 aromatic carbocycles. The molecule has 0 spiro atoms. The summed E-state index contributed by atoms with van der Waals surface area (Å²) in [6, 6.07) is 13.3. The molecule has 3 rings (SSSR count). The van der Waals surface area contributed by atoms with E-state index in [2.05, 4.69) is 21.2 Å². The van der Waals surface area contributed by atoms with Gasteiger partial charge in [-0.2, -0.15) is 0 Å². The second kappa shape index (κ2) is 11.5. The lowest BCUT2D eigenvalue weighted by molar-refractivity contribution is -0.148. The van der Waals surface area contributed by atoms with E-state index in [4.69, 9.17) is 14.2 Å². The molecule has 1 fully saturated rings. The molecule has 1 aliphatic heterocycles. The third kappa shape index (κ3) is 6.23. The number of carbonyl (C=O) groups is 3. The van der Waals surface area contributed by atoms with Gasteiger partial charge in [-0.1, -0.05) is 34.1 Å². The highest BCUT2D eigenvalue weighted by Crippen LogP contribution is 2.26. The summed E-state index contributed by atoms with van der Waals surface area (Å²) < 4.78 is 17.0. The topological polar surface area (TPSA) is 94.2 Å². The molecule has 2 amide bonds. The van der Waals surface area contributed by atoms with Crippen LogP contribution in [0.25, 0.3) is 0 Å². The molecule has 0 saturated carbocycles. The van der Waals surface area contributed by atoms with Crippen molar-refractivity contribution in [2.75, 3.05) is 32.9 Å². The number of hydrogen-bond acceptors (Lipinski definition) is 6. The molecule has 0 bridgehead atoms. The number of nitrogens with zero attached hydrogens (tertiary/aromatic N) is 1. The maximum Gasteiger partial charge on any atom is 0.308 e. The van der Waals surface area contributed by atoms with Gasteiger partial charge >= 0.3 is 5.97 Å². The van der Waals surface area contributed by atoms with Gasteiger partial charge in [0.2, 0.25) is 5.91 Å². The van der Waals surface area contributed by atoms with Crippen molar-refractivity contribution in [3.63, 3.8) is 0 Å². The first-order valence-electron chi connectivity index (χ1n) is 10.3. The summed E-state index contributed by atoms with van der Waals surface area (Å²) in [6.07, 6.45) is -0.249. The molecule has 1 N–H and O–H groups in total. The van der Waals surface area contributed by atoms with Crippen molar-refractivity contribution in [1.82, 2.24) is 10.2 Å². The average Bonchev–Trinajstić information content (AvgIpc) is 2.79. The number of benzene rings is 2. The summed E-state index contributed by atoms with van der Waals surface area (Å²) in [6.45, 7) is 3.02. The van der Waals surface area contributed by atoms with Crippen LogP contribution in [0.2, 0.25) is 0 Å². The molecule has 1 unspecified atom stereocenters. The fraction of sp³-hybridized carbons (Fsp3) is 0.348. The van der Waals surface area contributed by atoms with Gasteiger partial charge in [-0.15, -0.1) is 0 Å². The number of piperazine rings is 1. The largest absolute Gasteiger partial charge is 0.493 e. The number of amides is 2. The number of carbonyl (C=O) groups excluding carboxylic acids is 3. The minimum atomic E-state index is -0.966. The van der Waals surface area contributed by atoms with Crippen LogP contribution >= 0.6 is 15.9 Å². The van der Waals surface area contributed by atoms with Crippen molar-refractivity contribution < 1.29 is 28.6 Å². The van der Waals surface area contributed by atoms with Crippen molar-refractivity contribution in [1.29, 1.82) is 0 Å².